The molecule has 28 heavy (non-hydrogen) atoms. The standard InChI is InChI=1S/C21H21N3O2S2/c1-14-16-6-2-5-9-19(16)27-20(14)24(13-12-15-10-11-15)28(25,26)21-22-17-7-3-4-8-18(17)23-21/h2-9,15H,10-13H2,1H3,(H,22,23). The van der Waals surface area contributed by atoms with Crippen molar-refractivity contribution in [1.29, 1.82) is 0 Å². The first-order chi connectivity index (χ1) is 13.5. The van der Waals surface area contributed by atoms with Crippen LogP contribution in [0.2, 0.25) is 0 Å². The van der Waals surface area contributed by atoms with Crippen molar-refractivity contribution in [2.45, 2.75) is 31.3 Å². The second-order valence-electron chi connectivity index (χ2n) is 7.40. The minimum atomic E-state index is -3.78. The molecule has 5 nitrogen and oxygen atoms in total. The smallest absolute Gasteiger partial charge is 0.298 e. The van der Waals surface area contributed by atoms with Gasteiger partial charge in [0.25, 0.3) is 10.0 Å². The fourth-order valence-electron chi connectivity index (χ4n) is 3.59. The van der Waals surface area contributed by atoms with Crippen molar-refractivity contribution < 1.29 is 8.42 Å². The Bertz CT molecular complexity index is 1240. The Hall–Kier alpha value is -2.38. The summed E-state index contributed by atoms with van der Waals surface area (Å²) in [7, 11) is -3.78. The molecule has 0 bridgehead atoms. The number of rotatable bonds is 6. The molecule has 1 fully saturated rings. The average Bonchev–Trinajstić information content (AvgIpc) is 3.32. The molecule has 0 atom stereocenters. The summed E-state index contributed by atoms with van der Waals surface area (Å²) >= 11 is 1.54. The van der Waals surface area contributed by atoms with E-state index in [1.165, 1.54) is 24.2 Å². The predicted molar refractivity (Wildman–Crippen MR) is 115 cm³/mol. The fourth-order valence-corrected chi connectivity index (χ4v) is 6.50. The van der Waals surface area contributed by atoms with E-state index in [1.807, 2.05) is 49.4 Å². The van der Waals surface area contributed by atoms with E-state index in [1.54, 1.807) is 4.31 Å². The van der Waals surface area contributed by atoms with Gasteiger partial charge in [0, 0.05) is 11.2 Å². The Labute approximate surface area is 168 Å². The van der Waals surface area contributed by atoms with Crippen LogP contribution in [-0.2, 0) is 10.0 Å². The van der Waals surface area contributed by atoms with Crippen molar-refractivity contribution in [1.82, 2.24) is 9.97 Å². The van der Waals surface area contributed by atoms with E-state index < -0.39 is 10.0 Å². The van der Waals surface area contributed by atoms with E-state index in [0.717, 1.165) is 32.6 Å². The zero-order chi connectivity index (χ0) is 19.3. The molecule has 1 aliphatic carbocycles. The maximum absolute atomic E-state index is 13.6. The van der Waals surface area contributed by atoms with Crippen LogP contribution in [0, 0.1) is 12.8 Å². The molecule has 4 aromatic rings. The fraction of sp³-hybridized carbons (Fsp3) is 0.286. The number of aromatic nitrogens is 2. The van der Waals surface area contributed by atoms with Crippen LogP contribution in [0.5, 0.6) is 0 Å². The third-order valence-corrected chi connectivity index (χ3v) is 8.42. The predicted octanol–water partition coefficient (Wildman–Crippen LogP) is 5.08. The number of hydrogen-bond acceptors (Lipinski definition) is 4. The summed E-state index contributed by atoms with van der Waals surface area (Å²) in [6, 6.07) is 15.5. The minimum Gasteiger partial charge on any atom is -0.327 e. The summed E-state index contributed by atoms with van der Waals surface area (Å²) in [5.74, 6) is 0.642. The molecule has 0 aliphatic heterocycles. The molecular weight excluding hydrogens is 390 g/mol. The lowest BCUT2D eigenvalue weighted by Gasteiger charge is -2.22. The summed E-state index contributed by atoms with van der Waals surface area (Å²) < 4.78 is 29.9. The minimum absolute atomic E-state index is 0.0151. The number of para-hydroxylation sites is 2. The van der Waals surface area contributed by atoms with Crippen molar-refractivity contribution >= 4 is 47.5 Å². The molecule has 144 valence electrons. The monoisotopic (exact) mass is 411 g/mol. The molecule has 1 saturated carbocycles. The number of nitrogens with zero attached hydrogens (tertiary/aromatic N) is 2. The van der Waals surface area contributed by atoms with E-state index in [2.05, 4.69) is 16.0 Å². The molecule has 2 heterocycles. The number of aromatic amines is 1. The van der Waals surface area contributed by atoms with Gasteiger partial charge in [-0.15, -0.1) is 11.3 Å². The summed E-state index contributed by atoms with van der Waals surface area (Å²) in [6.45, 7) is 2.49. The van der Waals surface area contributed by atoms with Crippen LogP contribution in [0.25, 0.3) is 21.1 Å². The summed E-state index contributed by atoms with van der Waals surface area (Å²) in [5, 5.41) is 1.92. The number of nitrogens with one attached hydrogen (secondary N) is 1. The van der Waals surface area contributed by atoms with Crippen LogP contribution >= 0.6 is 11.3 Å². The lowest BCUT2D eigenvalue weighted by molar-refractivity contribution is 0.580. The molecule has 1 aliphatic rings. The van der Waals surface area contributed by atoms with Crippen molar-refractivity contribution in [2.24, 2.45) is 5.92 Å². The van der Waals surface area contributed by atoms with Gasteiger partial charge >= 0.3 is 0 Å². The van der Waals surface area contributed by atoms with Gasteiger partial charge in [0.05, 0.1) is 11.0 Å². The summed E-state index contributed by atoms with van der Waals surface area (Å²) in [5.41, 5.74) is 2.41. The topological polar surface area (TPSA) is 66.1 Å². The number of aryl methyl sites for hydroxylation is 1. The molecular formula is C21H21N3O2S2. The second kappa shape index (κ2) is 6.60. The van der Waals surface area contributed by atoms with Crippen LogP contribution in [0.1, 0.15) is 24.8 Å². The van der Waals surface area contributed by atoms with Gasteiger partial charge in [0.2, 0.25) is 5.16 Å². The van der Waals surface area contributed by atoms with E-state index in [-0.39, 0.29) is 5.16 Å². The second-order valence-corrected chi connectivity index (χ2v) is 10.2. The third kappa shape index (κ3) is 2.99. The van der Waals surface area contributed by atoms with Crippen molar-refractivity contribution in [2.75, 3.05) is 10.8 Å². The number of fused-ring (bicyclic) bond motifs is 2. The summed E-state index contributed by atoms with van der Waals surface area (Å²) in [4.78, 5) is 7.38. The number of benzene rings is 2. The van der Waals surface area contributed by atoms with Crippen LogP contribution in [-0.4, -0.2) is 24.9 Å². The largest absolute Gasteiger partial charge is 0.327 e. The van der Waals surface area contributed by atoms with Gasteiger partial charge in [-0.1, -0.05) is 43.2 Å². The first-order valence-corrected chi connectivity index (χ1v) is 11.8. The van der Waals surface area contributed by atoms with Gasteiger partial charge in [0.1, 0.15) is 5.00 Å². The molecule has 0 spiro atoms. The Kier molecular flexibility index (Phi) is 4.17. The highest BCUT2D eigenvalue weighted by Gasteiger charge is 2.33. The quantitative estimate of drug-likeness (QED) is 0.481. The molecule has 5 rings (SSSR count). The molecule has 2 aromatic heterocycles. The van der Waals surface area contributed by atoms with Crippen LogP contribution in [0.15, 0.2) is 53.7 Å². The van der Waals surface area contributed by atoms with Crippen LogP contribution in [0.3, 0.4) is 0 Å². The number of hydrogen-bond donors (Lipinski definition) is 1. The molecule has 1 N–H and O–H groups in total. The Morgan fingerprint density at radius 3 is 2.64 bits per heavy atom. The van der Waals surface area contributed by atoms with E-state index >= 15 is 0 Å². The van der Waals surface area contributed by atoms with E-state index in [0.29, 0.717) is 18.0 Å². The highest BCUT2D eigenvalue weighted by atomic mass is 32.2. The Morgan fingerprint density at radius 1 is 1.14 bits per heavy atom. The zero-order valence-corrected chi connectivity index (χ0v) is 17.2. The maximum atomic E-state index is 13.6. The number of anilines is 1. The lowest BCUT2D eigenvalue weighted by atomic mass is 10.2. The summed E-state index contributed by atoms with van der Waals surface area (Å²) in [6.07, 6.45) is 3.28. The lowest BCUT2D eigenvalue weighted by Crippen LogP contribution is -2.33. The SMILES string of the molecule is Cc1c(N(CCC2CC2)S(=O)(=O)c2nc3ccccc3[nH]2)sc2ccccc12. The molecule has 7 heteroatoms. The van der Waals surface area contributed by atoms with Gasteiger partial charge in [-0.2, -0.15) is 8.42 Å². The van der Waals surface area contributed by atoms with E-state index in [4.69, 9.17) is 0 Å². The average molecular weight is 412 g/mol. The van der Waals surface area contributed by atoms with Gasteiger partial charge in [-0.05, 0) is 48.4 Å². The number of thiophene rings is 1. The van der Waals surface area contributed by atoms with Crippen molar-refractivity contribution in [3.05, 3.63) is 54.1 Å². The highest BCUT2D eigenvalue weighted by molar-refractivity contribution is 7.92. The molecule has 0 radical (unpaired) electrons. The first-order valence-electron chi connectivity index (χ1n) is 9.49. The van der Waals surface area contributed by atoms with Gasteiger partial charge < -0.3 is 4.98 Å². The van der Waals surface area contributed by atoms with Crippen LogP contribution < -0.4 is 4.31 Å². The normalized spacial score (nSPS) is 14.8. The van der Waals surface area contributed by atoms with Gasteiger partial charge in [0.15, 0.2) is 0 Å². The maximum Gasteiger partial charge on any atom is 0.298 e. The number of H-pyrrole nitrogens is 1. The molecule has 0 amide bonds. The van der Waals surface area contributed by atoms with Crippen molar-refractivity contribution in [3.8, 4) is 0 Å². The number of imidazole rings is 1. The third-order valence-electron chi connectivity index (χ3n) is 5.38. The first kappa shape index (κ1) is 17.7. The van der Waals surface area contributed by atoms with Gasteiger partial charge in [-0.3, -0.25) is 4.31 Å². The Balaban J connectivity index is 1.63. The molecule has 0 saturated heterocycles. The van der Waals surface area contributed by atoms with Crippen molar-refractivity contribution in [3.63, 3.8) is 0 Å². The highest BCUT2D eigenvalue weighted by Crippen LogP contribution is 2.41. The van der Waals surface area contributed by atoms with Crippen LogP contribution in [0.4, 0.5) is 5.00 Å². The molecule has 0 unspecified atom stereocenters. The molecule has 2 aromatic carbocycles. The number of sulfonamides is 1. The zero-order valence-electron chi connectivity index (χ0n) is 15.6. The Morgan fingerprint density at radius 2 is 1.89 bits per heavy atom. The van der Waals surface area contributed by atoms with E-state index in [9.17, 15) is 8.42 Å². The van der Waals surface area contributed by atoms with Gasteiger partial charge in [-0.25, -0.2) is 4.98 Å².